The lowest BCUT2D eigenvalue weighted by molar-refractivity contribution is -0.870. The quantitative estimate of drug-likeness (QED) is 0.0214. The Morgan fingerprint density at radius 1 is 0.534 bits per heavy atom. The number of esters is 2. The highest BCUT2D eigenvalue weighted by Gasteiger charge is 2.27. The maximum atomic E-state index is 12.7. The molecule has 0 aromatic heterocycles. The van der Waals surface area contributed by atoms with Crippen molar-refractivity contribution < 1.29 is 42.1 Å². The van der Waals surface area contributed by atoms with Crippen LogP contribution in [0.4, 0.5) is 0 Å². The number of ether oxygens (including phenoxy) is 2. The number of unbranched alkanes of at least 4 members (excludes halogenated alkanes) is 14. The average Bonchev–Trinajstić information content (AvgIpc) is 3.17. The van der Waals surface area contributed by atoms with E-state index >= 15 is 0 Å². The number of hydrogen-bond donors (Lipinski definition) is 1. The summed E-state index contributed by atoms with van der Waals surface area (Å²) in [7, 11) is 1.42. The number of phosphoric acid groups is 1. The molecule has 0 aliphatic heterocycles. The second-order valence-electron chi connectivity index (χ2n) is 16.1. The molecule has 0 bridgehead atoms. The molecule has 0 aromatic carbocycles. The van der Waals surface area contributed by atoms with Crippen LogP contribution in [0.5, 0.6) is 0 Å². The monoisotopic (exact) mass is 835 g/mol. The van der Waals surface area contributed by atoms with Gasteiger partial charge in [0.1, 0.15) is 19.8 Å². The number of nitrogens with zero attached hydrogens (tertiary/aromatic N) is 1. The zero-order chi connectivity index (χ0) is 42.8. The van der Waals surface area contributed by atoms with Crippen LogP contribution in [0.3, 0.4) is 0 Å². The van der Waals surface area contributed by atoms with E-state index in [1.165, 1.54) is 64.2 Å². The predicted octanol–water partition coefficient (Wildman–Crippen LogP) is 13.0. The van der Waals surface area contributed by atoms with Crippen LogP contribution in [0.2, 0.25) is 0 Å². The van der Waals surface area contributed by atoms with Gasteiger partial charge in [-0.05, 0) is 77.0 Å². The fourth-order valence-corrected chi connectivity index (χ4v) is 6.37. The molecule has 0 rings (SSSR count). The Labute approximate surface area is 355 Å². The summed E-state index contributed by atoms with van der Waals surface area (Å²) in [6.45, 7) is 4.25. The van der Waals surface area contributed by atoms with E-state index in [1.54, 1.807) is 0 Å². The first-order valence-electron chi connectivity index (χ1n) is 22.7. The summed E-state index contributed by atoms with van der Waals surface area (Å²) in [5.41, 5.74) is 0. The third-order valence-corrected chi connectivity index (χ3v) is 10.2. The highest BCUT2D eigenvalue weighted by Crippen LogP contribution is 2.43. The van der Waals surface area contributed by atoms with Crippen LogP contribution in [-0.2, 0) is 32.7 Å². The van der Waals surface area contributed by atoms with Gasteiger partial charge in [0, 0.05) is 12.8 Å². The van der Waals surface area contributed by atoms with Crippen molar-refractivity contribution in [3.8, 4) is 0 Å². The Kier molecular flexibility index (Phi) is 38.1. The molecule has 0 saturated carbocycles. The summed E-state index contributed by atoms with van der Waals surface area (Å²) in [5.74, 6) is -0.893. The molecule has 0 fully saturated rings. The van der Waals surface area contributed by atoms with Gasteiger partial charge in [-0.15, -0.1) is 0 Å². The van der Waals surface area contributed by atoms with Gasteiger partial charge in [0.15, 0.2) is 6.10 Å². The highest BCUT2D eigenvalue weighted by atomic mass is 31.2. The summed E-state index contributed by atoms with van der Waals surface area (Å²) < 4.78 is 34.2. The van der Waals surface area contributed by atoms with E-state index in [0.717, 1.165) is 64.2 Å². The fourth-order valence-electron chi connectivity index (χ4n) is 5.63. The van der Waals surface area contributed by atoms with E-state index in [0.29, 0.717) is 23.9 Å². The van der Waals surface area contributed by atoms with Crippen LogP contribution >= 0.6 is 7.82 Å². The fraction of sp³-hybridized carbons (Fsp3) is 0.708. The van der Waals surface area contributed by atoms with Gasteiger partial charge >= 0.3 is 19.8 Å². The summed E-state index contributed by atoms with van der Waals surface area (Å²) in [5, 5.41) is 0. The third kappa shape index (κ3) is 43.0. The lowest BCUT2D eigenvalue weighted by Gasteiger charge is -2.24. The molecule has 2 atom stereocenters. The van der Waals surface area contributed by atoms with E-state index < -0.39 is 32.5 Å². The average molecular weight is 835 g/mol. The number of carbonyl (C=O) groups excluding carboxylic acids is 2. The van der Waals surface area contributed by atoms with Crippen LogP contribution in [0.1, 0.15) is 168 Å². The van der Waals surface area contributed by atoms with Gasteiger partial charge in [-0.25, -0.2) is 4.57 Å². The standard InChI is InChI=1S/C48H84NO8P/c1-6-8-10-12-14-16-18-20-22-24-26-28-30-32-34-36-38-40-47(50)54-44-46(45-56-58(52,53)55-43-42-49(3,4)5)57-48(51)41-39-37-35-33-31-29-27-25-23-21-19-17-15-13-11-9-7-2/h11,13,17,19,23,25-26,28-29,31-32,34,46H,6-10,12,14-16,18,20-22,24,27,30,33,35-45H2,1-5H3/p+1/b13-11+,19-17+,25-23+,28-26+,31-29+,34-32+/t46-/m1/s1. The Balaban J connectivity index is 4.48. The van der Waals surface area contributed by atoms with Crippen molar-refractivity contribution in [2.24, 2.45) is 0 Å². The second-order valence-corrected chi connectivity index (χ2v) is 17.5. The van der Waals surface area contributed by atoms with Crippen LogP contribution in [0.25, 0.3) is 0 Å². The van der Waals surface area contributed by atoms with Gasteiger partial charge in [-0.2, -0.15) is 0 Å². The molecule has 1 N–H and O–H groups in total. The number of hydrogen-bond acceptors (Lipinski definition) is 7. The molecule has 0 aromatic rings. The minimum atomic E-state index is -4.40. The van der Waals surface area contributed by atoms with E-state index in [1.807, 2.05) is 21.1 Å². The van der Waals surface area contributed by atoms with Gasteiger partial charge < -0.3 is 18.9 Å². The topological polar surface area (TPSA) is 108 Å². The van der Waals surface area contributed by atoms with Crippen LogP contribution < -0.4 is 0 Å². The first-order valence-corrected chi connectivity index (χ1v) is 24.2. The Hall–Kier alpha value is -2.55. The van der Waals surface area contributed by atoms with Crippen LogP contribution in [0.15, 0.2) is 72.9 Å². The smallest absolute Gasteiger partial charge is 0.462 e. The van der Waals surface area contributed by atoms with Crippen molar-refractivity contribution in [2.75, 3.05) is 47.5 Å². The van der Waals surface area contributed by atoms with Crippen molar-refractivity contribution in [1.82, 2.24) is 0 Å². The van der Waals surface area contributed by atoms with Gasteiger partial charge in [-0.1, -0.05) is 151 Å². The third-order valence-electron chi connectivity index (χ3n) is 9.19. The van der Waals surface area contributed by atoms with Crippen molar-refractivity contribution in [3.63, 3.8) is 0 Å². The largest absolute Gasteiger partial charge is 0.472 e. The van der Waals surface area contributed by atoms with Crippen LogP contribution in [-0.4, -0.2) is 74.9 Å². The number of quaternary nitrogens is 1. The molecule has 0 radical (unpaired) electrons. The van der Waals surface area contributed by atoms with Gasteiger partial charge in [-0.3, -0.25) is 18.6 Å². The van der Waals surface area contributed by atoms with Crippen molar-refractivity contribution in [2.45, 2.75) is 174 Å². The number of likely N-dealkylation sites (N-methyl/N-ethyl adjacent to an activating group) is 1. The van der Waals surface area contributed by atoms with E-state index in [4.69, 9.17) is 18.5 Å². The molecular formula is C48H85NO8P+. The molecule has 0 spiro atoms. The lowest BCUT2D eigenvalue weighted by Crippen LogP contribution is -2.37. The number of carbonyl (C=O) groups is 2. The summed E-state index contributed by atoms with van der Waals surface area (Å²) in [6.07, 6.45) is 49.6. The first-order chi connectivity index (χ1) is 28.0. The Morgan fingerprint density at radius 2 is 0.983 bits per heavy atom. The molecule has 0 saturated heterocycles. The van der Waals surface area contributed by atoms with Crippen LogP contribution in [0, 0.1) is 0 Å². The minimum Gasteiger partial charge on any atom is -0.462 e. The van der Waals surface area contributed by atoms with Gasteiger partial charge in [0.25, 0.3) is 0 Å². The molecule has 9 nitrogen and oxygen atoms in total. The number of rotatable bonds is 40. The lowest BCUT2D eigenvalue weighted by atomic mass is 10.1. The summed E-state index contributed by atoms with van der Waals surface area (Å²) >= 11 is 0. The zero-order valence-electron chi connectivity index (χ0n) is 37.5. The maximum Gasteiger partial charge on any atom is 0.472 e. The SMILES string of the molecule is CCC/C=C/C/C=C/C/C=C/C/C=C/CCCCCC(=O)O[C@H](COC(=O)CCC/C=C/C/C=C/CCCCCCCCCCC)COP(=O)(O)OCC[N+](C)(C)C. The summed E-state index contributed by atoms with van der Waals surface area (Å²) in [6, 6.07) is 0. The Morgan fingerprint density at radius 3 is 1.50 bits per heavy atom. The molecule has 0 amide bonds. The van der Waals surface area contributed by atoms with Crippen molar-refractivity contribution in [1.29, 1.82) is 0 Å². The van der Waals surface area contributed by atoms with Crippen molar-refractivity contribution in [3.05, 3.63) is 72.9 Å². The van der Waals surface area contributed by atoms with Crippen molar-refractivity contribution >= 4 is 19.8 Å². The molecule has 58 heavy (non-hydrogen) atoms. The van der Waals surface area contributed by atoms with Gasteiger partial charge in [0.05, 0.1) is 27.7 Å². The minimum absolute atomic E-state index is 0.0157. The maximum absolute atomic E-state index is 12.7. The molecule has 0 aliphatic rings. The zero-order valence-corrected chi connectivity index (χ0v) is 38.4. The molecular weight excluding hydrogens is 750 g/mol. The number of allylic oxidation sites excluding steroid dienone is 12. The second kappa shape index (κ2) is 39.9. The number of phosphoric ester groups is 1. The molecule has 334 valence electrons. The molecule has 0 aliphatic carbocycles. The predicted molar refractivity (Wildman–Crippen MR) is 242 cm³/mol. The Bertz CT molecular complexity index is 1220. The van der Waals surface area contributed by atoms with E-state index in [-0.39, 0.29) is 26.1 Å². The van der Waals surface area contributed by atoms with Gasteiger partial charge in [0.2, 0.25) is 0 Å². The van der Waals surface area contributed by atoms with E-state index in [9.17, 15) is 19.0 Å². The highest BCUT2D eigenvalue weighted by molar-refractivity contribution is 7.47. The molecule has 10 heteroatoms. The normalized spacial score (nSPS) is 14.2. The first kappa shape index (κ1) is 55.5. The summed E-state index contributed by atoms with van der Waals surface area (Å²) in [4.78, 5) is 35.4. The molecule has 0 heterocycles. The van der Waals surface area contributed by atoms with E-state index in [2.05, 4.69) is 86.8 Å². The molecule has 1 unspecified atom stereocenters.